The summed E-state index contributed by atoms with van der Waals surface area (Å²) in [4.78, 5) is 0. The summed E-state index contributed by atoms with van der Waals surface area (Å²) in [6.45, 7) is 2.75. The molecule has 0 spiro atoms. The van der Waals surface area contributed by atoms with Crippen LogP contribution in [0.25, 0.3) is 11.3 Å². The fourth-order valence-corrected chi connectivity index (χ4v) is 1.83. The van der Waals surface area contributed by atoms with Gasteiger partial charge in [0.15, 0.2) is 0 Å². The molecule has 2 rings (SSSR count). The van der Waals surface area contributed by atoms with Crippen LogP contribution in [0.2, 0.25) is 0 Å². The van der Waals surface area contributed by atoms with Crippen molar-refractivity contribution in [1.82, 2.24) is 15.5 Å². The van der Waals surface area contributed by atoms with Crippen LogP contribution in [-0.2, 0) is 6.54 Å². The van der Waals surface area contributed by atoms with Crippen molar-refractivity contribution < 1.29 is 4.74 Å². The second kappa shape index (κ2) is 5.60. The van der Waals surface area contributed by atoms with Gasteiger partial charge >= 0.3 is 0 Å². The number of methoxy groups -OCH3 is 1. The summed E-state index contributed by atoms with van der Waals surface area (Å²) >= 11 is 0. The Morgan fingerprint density at radius 1 is 1.17 bits per heavy atom. The lowest BCUT2D eigenvalue weighted by molar-refractivity contribution is 0.412. The number of aromatic nitrogens is 2. The van der Waals surface area contributed by atoms with Crippen molar-refractivity contribution in [3.05, 3.63) is 41.6 Å². The Kier molecular flexibility index (Phi) is 3.89. The van der Waals surface area contributed by atoms with E-state index in [4.69, 9.17) is 4.74 Å². The van der Waals surface area contributed by atoms with Crippen molar-refractivity contribution >= 4 is 0 Å². The molecule has 1 N–H and O–H groups in total. The van der Waals surface area contributed by atoms with Gasteiger partial charge in [0.2, 0.25) is 0 Å². The first kappa shape index (κ1) is 12.5. The van der Waals surface area contributed by atoms with Gasteiger partial charge in [-0.25, -0.2) is 0 Å². The van der Waals surface area contributed by atoms with E-state index < -0.39 is 0 Å². The van der Waals surface area contributed by atoms with E-state index in [1.807, 2.05) is 38.2 Å². The lowest BCUT2D eigenvalue weighted by Gasteiger charge is -2.07. The topological polar surface area (TPSA) is 47.0 Å². The number of hydrogen-bond donors (Lipinski definition) is 1. The zero-order valence-corrected chi connectivity index (χ0v) is 10.9. The van der Waals surface area contributed by atoms with Crippen LogP contribution in [0.1, 0.15) is 11.3 Å². The van der Waals surface area contributed by atoms with Crippen LogP contribution in [0.4, 0.5) is 0 Å². The normalized spacial score (nSPS) is 10.4. The van der Waals surface area contributed by atoms with Gasteiger partial charge in [-0.05, 0) is 49.9 Å². The van der Waals surface area contributed by atoms with Crippen LogP contribution in [-0.4, -0.2) is 24.4 Å². The number of nitrogens with zero attached hydrogens (tertiary/aromatic N) is 2. The van der Waals surface area contributed by atoms with Gasteiger partial charge < -0.3 is 10.1 Å². The molecular formula is C14H17N3O. The van der Waals surface area contributed by atoms with Gasteiger partial charge in [-0.15, -0.1) is 0 Å². The summed E-state index contributed by atoms with van der Waals surface area (Å²) in [5, 5.41) is 11.5. The monoisotopic (exact) mass is 243 g/mol. The minimum Gasteiger partial charge on any atom is -0.496 e. The third-order valence-electron chi connectivity index (χ3n) is 2.77. The van der Waals surface area contributed by atoms with Crippen molar-refractivity contribution in [3.8, 4) is 17.0 Å². The number of hydrogen-bond acceptors (Lipinski definition) is 4. The Morgan fingerprint density at radius 3 is 2.56 bits per heavy atom. The van der Waals surface area contributed by atoms with Crippen molar-refractivity contribution in [2.75, 3.05) is 14.2 Å². The third-order valence-corrected chi connectivity index (χ3v) is 2.77. The second-order valence-corrected chi connectivity index (χ2v) is 4.12. The van der Waals surface area contributed by atoms with Crippen LogP contribution < -0.4 is 10.1 Å². The van der Waals surface area contributed by atoms with Gasteiger partial charge in [0.25, 0.3) is 0 Å². The summed E-state index contributed by atoms with van der Waals surface area (Å²) in [5.41, 5.74) is 3.96. The Hall–Kier alpha value is -1.94. The maximum Gasteiger partial charge on any atom is 0.121 e. The van der Waals surface area contributed by atoms with Crippen LogP contribution in [0.3, 0.4) is 0 Å². The number of benzene rings is 1. The van der Waals surface area contributed by atoms with E-state index in [9.17, 15) is 0 Å². The smallest absolute Gasteiger partial charge is 0.121 e. The van der Waals surface area contributed by atoms with Crippen molar-refractivity contribution in [2.45, 2.75) is 13.5 Å². The van der Waals surface area contributed by atoms with E-state index in [-0.39, 0.29) is 0 Å². The fraction of sp³-hybridized carbons (Fsp3) is 0.286. The summed E-state index contributed by atoms with van der Waals surface area (Å²) in [6.07, 6.45) is 0. The Morgan fingerprint density at radius 2 is 2.00 bits per heavy atom. The minimum atomic E-state index is 0.731. The minimum absolute atomic E-state index is 0.731. The van der Waals surface area contributed by atoms with Crippen LogP contribution >= 0.6 is 0 Å². The summed E-state index contributed by atoms with van der Waals surface area (Å²) < 4.78 is 5.24. The fourth-order valence-electron chi connectivity index (χ4n) is 1.83. The summed E-state index contributed by atoms with van der Waals surface area (Å²) in [6, 6.07) is 9.97. The second-order valence-electron chi connectivity index (χ2n) is 4.12. The van der Waals surface area contributed by atoms with Gasteiger partial charge in [-0.1, -0.05) is 0 Å². The SMILES string of the molecule is CNCc1ccc(-c2ccc(OC)c(C)c2)nn1. The van der Waals surface area contributed by atoms with E-state index in [2.05, 4.69) is 21.6 Å². The third kappa shape index (κ3) is 2.65. The molecule has 2 aromatic rings. The molecule has 4 nitrogen and oxygen atoms in total. The molecule has 0 radical (unpaired) electrons. The number of nitrogens with one attached hydrogen (secondary N) is 1. The molecule has 0 saturated heterocycles. The highest BCUT2D eigenvalue weighted by molar-refractivity contribution is 5.61. The molecule has 1 heterocycles. The first-order chi connectivity index (χ1) is 8.74. The standard InChI is InChI=1S/C14H17N3O/c1-10-8-11(4-7-14(10)18-3)13-6-5-12(9-15-2)16-17-13/h4-8,15H,9H2,1-3H3. The number of rotatable bonds is 4. The zero-order valence-electron chi connectivity index (χ0n) is 10.9. The average Bonchev–Trinajstić information content (AvgIpc) is 2.40. The highest BCUT2D eigenvalue weighted by atomic mass is 16.5. The van der Waals surface area contributed by atoms with Crippen molar-refractivity contribution in [3.63, 3.8) is 0 Å². The largest absolute Gasteiger partial charge is 0.496 e. The predicted molar refractivity (Wildman–Crippen MR) is 71.5 cm³/mol. The molecule has 0 saturated carbocycles. The van der Waals surface area contributed by atoms with Crippen LogP contribution in [0, 0.1) is 6.92 Å². The Labute approximate surface area is 107 Å². The van der Waals surface area contributed by atoms with Crippen molar-refractivity contribution in [1.29, 1.82) is 0 Å². The maximum absolute atomic E-state index is 5.24. The van der Waals surface area contributed by atoms with Crippen LogP contribution in [0.15, 0.2) is 30.3 Å². The Bertz CT molecular complexity index is 523. The molecule has 0 unspecified atom stereocenters. The molecule has 1 aromatic heterocycles. The maximum atomic E-state index is 5.24. The molecule has 0 atom stereocenters. The molecule has 1 aromatic carbocycles. The lowest BCUT2D eigenvalue weighted by atomic mass is 10.1. The zero-order chi connectivity index (χ0) is 13.0. The Balaban J connectivity index is 2.28. The molecule has 0 aliphatic rings. The lowest BCUT2D eigenvalue weighted by Crippen LogP contribution is -2.07. The highest BCUT2D eigenvalue weighted by Crippen LogP contribution is 2.24. The van der Waals surface area contributed by atoms with E-state index >= 15 is 0 Å². The summed E-state index contributed by atoms with van der Waals surface area (Å²) in [5.74, 6) is 0.888. The van der Waals surface area contributed by atoms with E-state index in [0.29, 0.717) is 0 Å². The van der Waals surface area contributed by atoms with E-state index in [1.54, 1.807) is 7.11 Å². The van der Waals surface area contributed by atoms with Gasteiger partial charge in [0.1, 0.15) is 5.75 Å². The van der Waals surface area contributed by atoms with Crippen LogP contribution in [0.5, 0.6) is 5.75 Å². The number of ether oxygens (including phenoxy) is 1. The molecule has 0 aliphatic heterocycles. The molecular weight excluding hydrogens is 226 g/mol. The molecule has 94 valence electrons. The molecule has 0 bridgehead atoms. The molecule has 18 heavy (non-hydrogen) atoms. The van der Waals surface area contributed by atoms with E-state index in [1.165, 1.54) is 0 Å². The molecule has 0 amide bonds. The van der Waals surface area contributed by atoms with Gasteiger partial charge in [0, 0.05) is 12.1 Å². The predicted octanol–water partition coefficient (Wildman–Crippen LogP) is 2.18. The molecule has 0 fully saturated rings. The molecule has 4 heteroatoms. The highest BCUT2D eigenvalue weighted by Gasteiger charge is 2.04. The first-order valence-electron chi connectivity index (χ1n) is 5.87. The molecule has 0 aliphatic carbocycles. The average molecular weight is 243 g/mol. The van der Waals surface area contributed by atoms with Gasteiger partial charge in [-0.2, -0.15) is 10.2 Å². The van der Waals surface area contributed by atoms with Crippen molar-refractivity contribution in [2.24, 2.45) is 0 Å². The summed E-state index contributed by atoms with van der Waals surface area (Å²) in [7, 11) is 3.57. The quantitative estimate of drug-likeness (QED) is 0.894. The van der Waals surface area contributed by atoms with E-state index in [0.717, 1.165) is 34.8 Å². The van der Waals surface area contributed by atoms with Gasteiger partial charge in [-0.3, -0.25) is 0 Å². The van der Waals surface area contributed by atoms with Gasteiger partial charge in [0.05, 0.1) is 18.5 Å². The number of aryl methyl sites for hydroxylation is 1. The first-order valence-corrected chi connectivity index (χ1v) is 5.87.